The Labute approximate surface area is 147 Å². The second kappa shape index (κ2) is 7.08. The summed E-state index contributed by atoms with van der Waals surface area (Å²) in [7, 11) is 0. The largest absolute Gasteiger partial charge is 0.310 e. The summed E-state index contributed by atoms with van der Waals surface area (Å²) < 4.78 is 13.9. The molecule has 0 bridgehead atoms. The number of hydrogen-bond acceptors (Lipinski definition) is 3. The predicted octanol–water partition coefficient (Wildman–Crippen LogP) is 3.52. The average molecular weight is 341 g/mol. The molecule has 0 saturated heterocycles. The van der Waals surface area contributed by atoms with Crippen LogP contribution in [0.15, 0.2) is 29.1 Å². The first-order valence-corrected chi connectivity index (χ1v) is 9.28. The van der Waals surface area contributed by atoms with Gasteiger partial charge in [-0.3, -0.25) is 9.69 Å². The number of aromatic amines is 1. The Bertz CT molecular complexity index is 811. The fourth-order valence-electron chi connectivity index (χ4n) is 4.08. The van der Waals surface area contributed by atoms with Crippen molar-refractivity contribution in [3.8, 4) is 0 Å². The Morgan fingerprint density at radius 3 is 2.80 bits per heavy atom. The van der Waals surface area contributed by atoms with Crippen molar-refractivity contribution in [3.63, 3.8) is 0 Å². The van der Waals surface area contributed by atoms with E-state index in [1.165, 1.54) is 25.3 Å². The quantitative estimate of drug-likeness (QED) is 0.929. The SMILES string of the molecule is O=c1[nH]c(C2CCCCC2)nc2c1CCN(Cc1ccccc1F)C2. The van der Waals surface area contributed by atoms with Gasteiger partial charge in [-0.2, -0.15) is 0 Å². The Kier molecular flexibility index (Phi) is 4.66. The molecule has 0 spiro atoms. The highest BCUT2D eigenvalue weighted by molar-refractivity contribution is 5.23. The predicted molar refractivity (Wildman–Crippen MR) is 94.9 cm³/mol. The van der Waals surface area contributed by atoms with Crippen molar-refractivity contribution in [2.24, 2.45) is 0 Å². The van der Waals surface area contributed by atoms with E-state index in [0.717, 1.165) is 36.5 Å². The van der Waals surface area contributed by atoms with Crippen LogP contribution in [0.1, 0.15) is 60.7 Å². The molecule has 1 saturated carbocycles. The van der Waals surface area contributed by atoms with Crippen molar-refractivity contribution in [2.45, 2.75) is 57.5 Å². The lowest BCUT2D eigenvalue weighted by molar-refractivity contribution is 0.236. The minimum absolute atomic E-state index is 0.0242. The molecule has 2 aromatic rings. The van der Waals surface area contributed by atoms with Gasteiger partial charge in [0.1, 0.15) is 11.6 Å². The third kappa shape index (κ3) is 3.52. The van der Waals surface area contributed by atoms with Gasteiger partial charge in [0.25, 0.3) is 5.56 Å². The van der Waals surface area contributed by atoms with Crippen molar-refractivity contribution >= 4 is 0 Å². The normalized spacial score (nSPS) is 18.9. The molecule has 5 heteroatoms. The summed E-state index contributed by atoms with van der Waals surface area (Å²) in [5.41, 5.74) is 2.41. The van der Waals surface area contributed by atoms with E-state index >= 15 is 0 Å². The first-order valence-electron chi connectivity index (χ1n) is 9.28. The van der Waals surface area contributed by atoms with Gasteiger partial charge in [-0.15, -0.1) is 0 Å². The molecule has 132 valence electrons. The zero-order chi connectivity index (χ0) is 17.2. The van der Waals surface area contributed by atoms with Crippen LogP contribution in [0.4, 0.5) is 4.39 Å². The van der Waals surface area contributed by atoms with Crippen LogP contribution in [0.3, 0.4) is 0 Å². The number of hydrogen-bond donors (Lipinski definition) is 1. The van der Waals surface area contributed by atoms with Crippen LogP contribution in [0.25, 0.3) is 0 Å². The maximum absolute atomic E-state index is 13.9. The van der Waals surface area contributed by atoms with Gasteiger partial charge in [-0.05, 0) is 25.3 Å². The summed E-state index contributed by atoms with van der Waals surface area (Å²) in [6.07, 6.45) is 6.61. The van der Waals surface area contributed by atoms with E-state index in [-0.39, 0.29) is 11.4 Å². The number of nitrogens with zero attached hydrogens (tertiary/aromatic N) is 2. The molecule has 0 amide bonds. The van der Waals surface area contributed by atoms with Gasteiger partial charge in [0, 0.05) is 36.7 Å². The number of aromatic nitrogens is 2. The first-order chi connectivity index (χ1) is 12.2. The Balaban J connectivity index is 1.56. The fraction of sp³-hybridized carbons (Fsp3) is 0.500. The Hall–Kier alpha value is -2.01. The lowest BCUT2D eigenvalue weighted by Gasteiger charge is -2.29. The number of H-pyrrole nitrogens is 1. The maximum atomic E-state index is 13.9. The molecule has 1 N–H and O–H groups in total. The highest BCUT2D eigenvalue weighted by atomic mass is 19.1. The molecule has 4 nitrogen and oxygen atoms in total. The molecule has 0 atom stereocenters. The molecule has 25 heavy (non-hydrogen) atoms. The smallest absolute Gasteiger partial charge is 0.254 e. The number of rotatable bonds is 3. The Morgan fingerprint density at radius 1 is 1.20 bits per heavy atom. The van der Waals surface area contributed by atoms with E-state index in [2.05, 4.69) is 9.88 Å². The van der Waals surface area contributed by atoms with Gasteiger partial charge < -0.3 is 4.98 Å². The van der Waals surface area contributed by atoms with E-state index in [9.17, 15) is 9.18 Å². The van der Waals surface area contributed by atoms with E-state index < -0.39 is 0 Å². The van der Waals surface area contributed by atoms with E-state index in [1.807, 2.05) is 12.1 Å². The summed E-state index contributed by atoms with van der Waals surface area (Å²) >= 11 is 0. The third-order valence-corrected chi connectivity index (χ3v) is 5.51. The summed E-state index contributed by atoms with van der Waals surface area (Å²) in [6.45, 7) is 1.93. The first kappa shape index (κ1) is 16.5. The van der Waals surface area contributed by atoms with Crippen LogP contribution in [0, 0.1) is 5.82 Å². The maximum Gasteiger partial charge on any atom is 0.254 e. The van der Waals surface area contributed by atoms with Crippen molar-refractivity contribution in [1.29, 1.82) is 0 Å². The zero-order valence-electron chi connectivity index (χ0n) is 14.4. The second-order valence-corrected chi connectivity index (χ2v) is 7.26. The Morgan fingerprint density at radius 2 is 2.00 bits per heavy atom. The van der Waals surface area contributed by atoms with Crippen molar-refractivity contribution in [1.82, 2.24) is 14.9 Å². The van der Waals surface area contributed by atoms with E-state index in [1.54, 1.807) is 6.07 Å². The molecule has 1 fully saturated rings. The van der Waals surface area contributed by atoms with Crippen LogP contribution in [0.5, 0.6) is 0 Å². The van der Waals surface area contributed by atoms with Gasteiger partial charge >= 0.3 is 0 Å². The van der Waals surface area contributed by atoms with Crippen molar-refractivity contribution < 1.29 is 4.39 Å². The summed E-state index contributed by atoms with van der Waals surface area (Å²) in [5, 5.41) is 0. The van der Waals surface area contributed by atoms with Crippen molar-refractivity contribution in [3.05, 3.63) is 63.1 Å². The lowest BCUT2D eigenvalue weighted by atomic mass is 9.88. The zero-order valence-corrected chi connectivity index (χ0v) is 14.4. The van der Waals surface area contributed by atoms with Gasteiger partial charge in [0.15, 0.2) is 0 Å². The highest BCUT2D eigenvalue weighted by Crippen LogP contribution is 2.30. The molecule has 1 aliphatic carbocycles. The van der Waals surface area contributed by atoms with E-state index in [0.29, 0.717) is 31.0 Å². The second-order valence-electron chi connectivity index (χ2n) is 7.26. The molecular weight excluding hydrogens is 317 g/mol. The molecule has 1 aromatic heterocycles. The van der Waals surface area contributed by atoms with Gasteiger partial charge in [0.2, 0.25) is 0 Å². The molecule has 0 unspecified atom stereocenters. The number of benzene rings is 1. The monoisotopic (exact) mass is 341 g/mol. The van der Waals surface area contributed by atoms with Crippen molar-refractivity contribution in [2.75, 3.05) is 6.54 Å². The summed E-state index contributed by atoms with van der Waals surface area (Å²) in [6, 6.07) is 6.89. The van der Waals surface area contributed by atoms with Crippen LogP contribution >= 0.6 is 0 Å². The topological polar surface area (TPSA) is 49.0 Å². The van der Waals surface area contributed by atoms with Gasteiger partial charge in [0.05, 0.1) is 5.69 Å². The molecule has 1 aromatic carbocycles. The molecule has 0 radical (unpaired) electrons. The number of halogens is 1. The molecule has 2 aliphatic rings. The molecule has 2 heterocycles. The number of fused-ring (bicyclic) bond motifs is 1. The fourth-order valence-corrected chi connectivity index (χ4v) is 4.08. The third-order valence-electron chi connectivity index (χ3n) is 5.51. The van der Waals surface area contributed by atoms with Crippen LogP contribution < -0.4 is 5.56 Å². The standard InChI is InChI=1S/C20H24FN3O/c21-17-9-5-4-8-15(17)12-24-11-10-16-18(13-24)22-19(23-20(16)25)14-6-2-1-3-7-14/h4-5,8-9,14H,1-3,6-7,10-13H2,(H,22,23,25). The van der Waals surface area contributed by atoms with E-state index in [4.69, 9.17) is 4.98 Å². The average Bonchev–Trinajstić information content (AvgIpc) is 2.64. The van der Waals surface area contributed by atoms with Gasteiger partial charge in [-0.25, -0.2) is 9.37 Å². The molecule has 1 aliphatic heterocycles. The highest BCUT2D eigenvalue weighted by Gasteiger charge is 2.24. The minimum atomic E-state index is -0.171. The summed E-state index contributed by atoms with van der Waals surface area (Å²) in [4.78, 5) is 22.5. The molecular formula is C20H24FN3O. The lowest BCUT2D eigenvalue weighted by Crippen LogP contribution is -2.36. The molecule has 4 rings (SSSR count). The minimum Gasteiger partial charge on any atom is -0.310 e. The van der Waals surface area contributed by atoms with Crippen LogP contribution in [-0.4, -0.2) is 21.4 Å². The summed E-state index contributed by atoms with van der Waals surface area (Å²) in [5.74, 6) is 1.07. The van der Waals surface area contributed by atoms with Crippen LogP contribution in [-0.2, 0) is 19.5 Å². The van der Waals surface area contributed by atoms with Gasteiger partial charge in [-0.1, -0.05) is 37.5 Å². The van der Waals surface area contributed by atoms with Crippen LogP contribution in [0.2, 0.25) is 0 Å². The number of nitrogens with one attached hydrogen (secondary N) is 1.